The lowest BCUT2D eigenvalue weighted by atomic mass is 9.99. The molecule has 0 unspecified atom stereocenters. The summed E-state index contributed by atoms with van der Waals surface area (Å²) in [6.45, 7) is 1.29. The van der Waals surface area contributed by atoms with Crippen LogP contribution >= 0.6 is 0 Å². The van der Waals surface area contributed by atoms with Gasteiger partial charge in [-0.05, 0) is 42.0 Å². The van der Waals surface area contributed by atoms with Gasteiger partial charge in [-0.1, -0.05) is 60.7 Å². The SMILES string of the molecule is O=C(c1ccc(F)cc1-c1ccc(-c2ccccc2)nc1)N1CCn2c(nnc2-c2ccc3ccccc3n2)C1. The molecule has 7 nitrogen and oxygen atoms in total. The van der Waals surface area contributed by atoms with E-state index < -0.39 is 5.82 Å². The Morgan fingerprint density at radius 3 is 2.45 bits per heavy atom. The number of carbonyl (C=O) groups is 1. The van der Waals surface area contributed by atoms with Gasteiger partial charge < -0.3 is 9.47 Å². The fraction of sp³-hybridized carbons (Fsp3) is 0.0938. The number of rotatable bonds is 4. The van der Waals surface area contributed by atoms with Crippen LogP contribution in [0.3, 0.4) is 0 Å². The summed E-state index contributed by atoms with van der Waals surface area (Å²) < 4.78 is 16.4. The van der Waals surface area contributed by atoms with Crippen LogP contribution in [-0.4, -0.2) is 42.1 Å². The number of aromatic nitrogens is 5. The normalized spacial score (nSPS) is 12.9. The number of carbonyl (C=O) groups excluding carboxylic acids is 1. The summed E-state index contributed by atoms with van der Waals surface area (Å²) in [5.74, 6) is 0.758. The highest BCUT2D eigenvalue weighted by Crippen LogP contribution is 2.29. The minimum atomic E-state index is -0.412. The molecular weight excluding hydrogens is 503 g/mol. The third-order valence-corrected chi connectivity index (χ3v) is 7.22. The Morgan fingerprint density at radius 2 is 1.60 bits per heavy atom. The molecule has 0 fully saturated rings. The number of amides is 1. The van der Waals surface area contributed by atoms with Crippen LogP contribution in [0.25, 0.3) is 44.8 Å². The Morgan fingerprint density at radius 1 is 0.775 bits per heavy atom. The first-order valence-corrected chi connectivity index (χ1v) is 13.0. The van der Waals surface area contributed by atoms with Crippen molar-refractivity contribution in [3.8, 4) is 33.9 Å². The van der Waals surface area contributed by atoms with Crippen molar-refractivity contribution < 1.29 is 9.18 Å². The van der Waals surface area contributed by atoms with Gasteiger partial charge in [-0.3, -0.25) is 9.78 Å². The van der Waals surface area contributed by atoms with Crippen molar-refractivity contribution in [1.82, 2.24) is 29.6 Å². The van der Waals surface area contributed by atoms with E-state index in [9.17, 15) is 9.18 Å². The van der Waals surface area contributed by atoms with Crippen molar-refractivity contribution in [3.05, 3.63) is 120 Å². The molecule has 0 spiro atoms. The number of benzene rings is 3. The summed E-state index contributed by atoms with van der Waals surface area (Å²) in [6, 6.07) is 29.7. The minimum Gasteiger partial charge on any atom is -0.329 e. The zero-order valence-electron chi connectivity index (χ0n) is 21.4. The summed E-state index contributed by atoms with van der Waals surface area (Å²) in [5, 5.41) is 9.84. The van der Waals surface area contributed by atoms with Gasteiger partial charge in [-0.2, -0.15) is 0 Å². The molecule has 7 rings (SSSR count). The zero-order valence-corrected chi connectivity index (χ0v) is 21.4. The first-order valence-electron chi connectivity index (χ1n) is 13.0. The van der Waals surface area contributed by atoms with Crippen LogP contribution in [0.4, 0.5) is 4.39 Å². The smallest absolute Gasteiger partial charge is 0.254 e. The maximum absolute atomic E-state index is 14.4. The molecule has 0 saturated carbocycles. The van der Waals surface area contributed by atoms with Crippen LogP contribution in [0.5, 0.6) is 0 Å². The lowest BCUT2D eigenvalue weighted by Crippen LogP contribution is -2.38. The second-order valence-corrected chi connectivity index (χ2v) is 9.70. The molecule has 3 aromatic carbocycles. The second-order valence-electron chi connectivity index (χ2n) is 9.70. The quantitative estimate of drug-likeness (QED) is 0.281. The molecule has 1 amide bonds. The summed E-state index contributed by atoms with van der Waals surface area (Å²) in [6.07, 6.45) is 1.68. The highest BCUT2D eigenvalue weighted by molar-refractivity contribution is 6.01. The van der Waals surface area contributed by atoms with Crippen LogP contribution in [-0.2, 0) is 13.1 Å². The van der Waals surface area contributed by atoms with Crippen LogP contribution in [0.1, 0.15) is 16.2 Å². The molecule has 0 atom stereocenters. The van der Waals surface area contributed by atoms with Gasteiger partial charge in [-0.25, -0.2) is 9.37 Å². The van der Waals surface area contributed by atoms with Gasteiger partial charge in [0.25, 0.3) is 5.91 Å². The second kappa shape index (κ2) is 9.81. The molecule has 4 heterocycles. The van der Waals surface area contributed by atoms with Crippen molar-refractivity contribution in [3.63, 3.8) is 0 Å². The Bertz CT molecular complexity index is 1870. The maximum atomic E-state index is 14.4. The Balaban J connectivity index is 1.16. The first kappa shape index (κ1) is 23.8. The van der Waals surface area contributed by atoms with Crippen molar-refractivity contribution in [1.29, 1.82) is 0 Å². The number of hydrogen-bond donors (Lipinski definition) is 0. The van der Waals surface area contributed by atoms with Gasteiger partial charge in [0.15, 0.2) is 11.6 Å². The molecule has 6 aromatic rings. The van der Waals surface area contributed by atoms with E-state index in [1.54, 1.807) is 17.2 Å². The zero-order chi connectivity index (χ0) is 27.1. The van der Waals surface area contributed by atoms with E-state index in [0.717, 1.165) is 27.9 Å². The van der Waals surface area contributed by atoms with Crippen LogP contribution in [0.2, 0.25) is 0 Å². The predicted octanol–water partition coefficient (Wildman–Crippen LogP) is 6.02. The van der Waals surface area contributed by atoms with E-state index in [4.69, 9.17) is 4.98 Å². The summed E-state index contributed by atoms with van der Waals surface area (Å²) in [7, 11) is 0. The largest absolute Gasteiger partial charge is 0.329 e. The predicted molar refractivity (Wildman–Crippen MR) is 151 cm³/mol. The average Bonchev–Trinajstić information content (AvgIpc) is 3.44. The lowest BCUT2D eigenvalue weighted by Gasteiger charge is -2.28. The molecule has 1 aliphatic heterocycles. The molecule has 0 radical (unpaired) electrons. The molecule has 0 saturated heterocycles. The summed E-state index contributed by atoms with van der Waals surface area (Å²) in [4.78, 5) is 24.8. The van der Waals surface area contributed by atoms with Crippen molar-refractivity contribution in [2.45, 2.75) is 13.1 Å². The van der Waals surface area contributed by atoms with Gasteiger partial charge >= 0.3 is 0 Å². The maximum Gasteiger partial charge on any atom is 0.254 e. The molecule has 40 heavy (non-hydrogen) atoms. The molecular formula is C32H23FN6O. The number of fused-ring (bicyclic) bond motifs is 2. The van der Waals surface area contributed by atoms with Crippen molar-refractivity contribution in [2.75, 3.05) is 6.54 Å². The molecule has 8 heteroatoms. The van der Waals surface area contributed by atoms with Crippen molar-refractivity contribution >= 4 is 16.8 Å². The van der Waals surface area contributed by atoms with Crippen molar-refractivity contribution in [2.24, 2.45) is 0 Å². The molecule has 0 bridgehead atoms. The van der Waals surface area contributed by atoms with Gasteiger partial charge in [0.2, 0.25) is 0 Å². The summed E-state index contributed by atoms with van der Waals surface area (Å²) >= 11 is 0. The number of nitrogens with zero attached hydrogens (tertiary/aromatic N) is 6. The fourth-order valence-corrected chi connectivity index (χ4v) is 5.16. The van der Waals surface area contributed by atoms with Crippen LogP contribution < -0.4 is 0 Å². The van der Waals surface area contributed by atoms with E-state index in [2.05, 4.69) is 15.2 Å². The molecule has 3 aromatic heterocycles. The van der Waals surface area contributed by atoms with E-state index in [1.807, 2.05) is 83.4 Å². The molecule has 1 aliphatic rings. The number of pyridine rings is 2. The third-order valence-electron chi connectivity index (χ3n) is 7.22. The first-order chi connectivity index (χ1) is 19.6. The minimum absolute atomic E-state index is 0.193. The van der Waals surface area contributed by atoms with Gasteiger partial charge in [0, 0.05) is 41.4 Å². The highest BCUT2D eigenvalue weighted by atomic mass is 19.1. The van der Waals surface area contributed by atoms with Crippen LogP contribution in [0.15, 0.2) is 103 Å². The standard InChI is InChI=1S/C32H23FN6O/c33-24-12-13-25(26(18-24)23-11-14-27(34-19-23)21-6-2-1-3-7-21)32(40)38-16-17-39-30(20-38)36-37-31(39)29-15-10-22-8-4-5-9-28(22)35-29/h1-15,18-19H,16-17,20H2. The Hall–Kier alpha value is -5.24. The Labute approximate surface area is 229 Å². The van der Waals surface area contributed by atoms with Gasteiger partial charge in [0.05, 0.1) is 17.8 Å². The number of hydrogen-bond acceptors (Lipinski definition) is 5. The van der Waals surface area contributed by atoms with Crippen LogP contribution in [0, 0.1) is 5.82 Å². The molecule has 194 valence electrons. The monoisotopic (exact) mass is 526 g/mol. The summed E-state index contributed by atoms with van der Waals surface area (Å²) in [5.41, 5.74) is 5.02. The van der Waals surface area contributed by atoms with E-state index in [-0.39, 0.29) is 5.91 Å². The highest BCUT2D eigenvalue weighted by Gasteiger charge is 2.28. The molecule has 0 aliphatic carbocycles. The fourth-order valence-electron chi connectivity index (χ4n) is 5.16. The Kier molecular flexibility index (Phi) is 5.85. The third kappa shape index (κ3) is 4.29. The molecule has 0 N–H and O–H groups in total. The lowest BCUT2D eigenvalue weighted by molar-refractivity contribution is 0.0708. The topological polar surface area (TPSA) is 76.8 Å². The van der Waals surface area contributed by atoms with Gasteiger partial charge in [-0.15, -0.1) is 10.2 Å². The number of para-hydroxylation sites is 1. The average molecular weight is 527 g/mol. The van der Waals surface area contributed by atoms with E-state index in [1.165, 1.54) is 12.1 Å². The van der Waals surface area contributed by atoms with E-state index >= 15 is 0 Å². The van der Waals surface area contributed by atoms with Gasteiger partial charge in [0.1, 0.15) is 11.5 Å². The number of halogens is 1. The van der Waals surface area contributed by atoms with E-state index in [0.29, 0.717) is 48.0 Å².